The number of para-hydroxylation sites is 1. The number of amides is 1. The Morgan fingerprint density at radius 1 is 1.43 bits per heavy atom. The first kappa shape index (κ1) is 15.6. The monoisotopic (exact) mass is 288 g/mol. The van der Waals surface area contributed by atoms with Crippen molar-refractivity contribution in [1.29, 1.82) is 0 Å². The summed E-state index contributed by atoms with van der Waals surface area (Å²) in [6.07, 6.45) is 3.02. The summed E-state index contributed by atoms with van der Waals surface area (Å²) < 4.78 is 5.75. The lowest BCUT2D eigenvalue weighted by atomic mass is 10.1. The van der Waals surface area contributed by atoms with Crippen LogP contribution in [0.4, 0.5) is 0 Å². The molecular weight excluding hydrogens is 264 g/mol. The predicted molar refractivity (Wildman–Crippen MR) is 84.2 cm³/mol. The van der Waals surface area contributed by atoms with Gasteiger partial charge in [0, 0.05) is 18.7 Å². The Labute approximate surface area is 126 Å². The highest BCUT2D eigenvalue weighted by atomic mass is 16.5. The zero-order chi connectivity index (χ0) is 15.1. The normalized spacial score (nSPS) is 18.7. The summed E-state index contributed by atoms with van der Waals surface area (Å²) in [7, 11) is 0. The lowest BCUT2D eigenvalue weighted by Crippen LogP contribution is -2.42. The fourth-order valence-corrected chi connectivity index (χ4v) is 2.36. The summed E-state index contributed by atoms with van der Waals surface area (Å²) in [4.78, 5) is 11.9. The highest BCUT2D eigenvalue weighted by Gasteiger charge is 2.20. The molecule has 2 rings (SSSR count). The second-order valence-electron chi connectivity index (χ2n) is 5.57. The molecule has 4 nitrogen and oxygen atoms in total. The topological polar surface area (TPSA) is 50.4 Å². The third-order valence-corrected chi connectivity index (χ3v) is 3.52. The molecule has 0 saturated carbocycles. The van der Waals surface area contributed by atoms with Gasteiger partial charge in [0.1, 0.15) is 12.4 Å². The second kappa shape index (κ2) is 7.84. The van der Waals surface area contributed by atoms with Crippen molar-refractivity contribution in [3.63, 3.8) is 0 Å². The van der Waals surface area contributed by atoms with Crippen LogP contribution in [0.1, 0.15) is 31.7 Å². The zero-order valence-electron chi connectivity index (χ0n) is 12.7. The largest absolute Gasteiger partial charge is 0.489 e. The van der Waals surface area contributed by atoms with E-state index < -0.39 is 0 Å². The van der Waals surface area contributed by atoms with Crippen LogP contribution in [0.25, 0.3) is 0 Å². The maximum absolute atomic E-state index is 11.9. The van der Waals surface area contributed by atoms with E-state index in [-0.39, 0.29) is 11.9 Å². The van der Waals surface area contributed by atoms with Crippen LogP contribution >= 0.6 is 0 Å². The average molecular weight is 288 g/mol. The molecule has 0 aromatic heterocycles. The van der Waals surface area contributed by atoms with E-state index in [0.29, 0.717) is 13.2 Å². The smallest absolute Gasteiger partial charge is 0.237 e. The van der Waals surface area contributed by atoms with Gasteiger partial charge >= 0.3 is 0 Å². The van der Waals surface area contributed by atoms with Gasteiger partial charge in [-0.3, -0.25) is 4.79 Å². The van der Waals surface area contributed by atoms with Gasteiger partial charge in [-0.15, -0.1) is 0 Å². The minimum atomic E-state index is -0.110. The SMILES string of the molecule is C=C(C)COc1ccccc1CN[C@H]1CCCCNC1=O. The number of nitrogens with one attached hydrogen (secondary N) is 2. The molecule has 114 valence electrons. The lowest BCUT2D eigenvalue weighted by molar-refractivity contribution is -0.122. The number of benzene rings is 1. The third-order valence-electron chi connectivity index (χ3n) is 3.52. The van der Waals surface area contributed by atoms with E-state index in [9.17, 15) is 4.79 Å². The highest BCUT2D eigenvalue weighted by Crippen LogP contribution is 2.19. The lowest BCUT2D eigenvalue weighted by Gasteiger charge is -2.17. The van der Waals surface area contributed by atoms with Crippen LogP contribution in [0, 0.1) is 0 Å². The van der Waals surface area contributed by atoms with Gasteiger partial charge in [0.25, 0.3) is 0 Å². The van der Waals surface area contributed by atoms with Gasteiger partial charge in [-0.1, -0.05) is 24.8 Å². The van der Waals surface area contributed by atoms with E-state index in [4.69, 9.17) is 4.74 Å². The van der Waals surface area contributed by atoms with Crippen LogP contribution in [0.15, 0.2) is 36.4 Å². The molecule has 1 aliphatic heterocycles. The van der Waals surface area contributed by atoms with Crippen LogP contribution in [-0.4, -0.2) is 25.1 Å². The van der Waals surface area contributed by atoms with Crippen molar-refractivity contribution < 1.29 is 9.53 Å². The summed E-state index contributed by atoms with van der Waals surface area (Å²) in [5, 5.41) is 6.28. The summed E-state index contributed by atoms with van der Waals surface area (Å²) >= 11 is 0. The number of hydrogen-bond donors (Lipinski definition) is 2. The molecule has 0 bridgehead atoms. The van der Waals surface area contributed by atoms with Crippen molar-refractivity contribution in [3.05, 3.63) is 42.0 Å². The average Bonchev–Trinajstić information content (AvgIpc) is 2.68. The van der Waals surface area contributed by atoms with E-state index in [0.717, 1.165) is 42.7 Å². The number of hydrogen-bond acceptors (Lipinski definition) is 3. The van der Waals surface area contributed by atoms with Gasteiger partial charge in [0.05, 0.1) is 6.04 Å². The van der Waals surface area contributed by atoms with Crippen LogP contribution in [0.3, 0.4) is 0 Å². The van der Waals surface area contributed by atoms with Crippen molar-refractivity contribution in [2.24, 2.45) is 0 Å². The first-order valence-corrected chi connectivity index (χ1v) is 7.53. The molecule has 1 saturated heterocycles. The molecule has 2 N–H and O–H groups in total. The quantitative estimate of drug-likeness (QED) is 0.790. The highest BCUT2D eigenvalue weighted by molar-refractivity contribution is 5.81. The van der Waals surface area contributed by atoms with Gasteiger partial charge in [-0.25, -0.2) is 0 Å². The Balaban J connectivity index is 1.95. The van der Waals surface area contributed by atoms with E-state index in [1.54, 1.807) is 0 Å². The fraction of sp³-hybridized carbons (Fsp3) is 0.471. The van der Waals surface area contributed by atoms with Crippen molar-refractivity contribution in [2.75, 3.05) is 13.2 Å². The Bertz CT molecular complexity index is 499. The number of rotatable bonds is 6. The molecule has 0 spiro atoms. The molecule has 1 fully saturated rings. The molecule has 21 heavy (non-hydrogen) atoms. The maximum Gasteiger partial charge on any atom is 0.237 e. The minimum Gasteiger partial charge on any atom is -0.489 e. The molecule has 4 heteroatoms. The Morgan fingerprint density at radius 2 is 2.24 bits per heavy atom. The molecule has 1 heterocycles. The molecule has 1 amide bonds. The Hall–Kier alpha value is -1.81. The van der Waals surface area contributed by atoms with Crippen molar-refractivity contribution >= 4 is 5.91 Å². The molecular formula is C17H24N2O2. The first-order valence-electron chi connectivity index (χ1n) is 7.53. The summed E-state index contributed by atoms with van der Waals surface area (Å²) in [5.74, 6) is 0.954. The molecule has 0 radical (unpaired) electrons. The molecule has 1 aliphatic rings. The summed E-state index contributed by atoms with van der Waals surface area (Å²) in [6, 6.07) is 7.80. The predicted octanol–water partition coefficient (Wildman–Crippen LogP) is 2.40. The van der Waals surface area contributed by atoms with Gasteiger partial charge in [0.15, 0.2) is 0 Å². The standard InChI is InChI=1S/C17H24N2O2/c1-13(2)12-21-16-9-4-3-7-14(16)11-19-15-8-5-6-10-18-17(15)20/h3-4,7,9,15,19H,1,5-6,8,10-12H2,2H3,(H,18,20)/t15-/m0/s1. The number of carbonyl (C=O) groups is 1. The van der Waals surface area contributed by atoms with Crippen molar-refractivity contribution in [3.8, 4) is 5.75 Å². The van der Waals surface area contributed by atoms with Crippen molar-refractivity contribution in [2.45, 2.75) is 38.8 Å². The van der Waals surface area contributed by atoms with Crippen LogP contribution in [0.5, 0.6) is 5.75 Å². The van der Waals surface area contributed by atoms with Gasteiger partial charge in [-0.05, 0) is 37.8 Å². The Kier molecular flexibility index (Phi) is 5.81. The molecule has 0 unspecified atom stereocenters. The van der Waals surface area contributed by atoms with Crippen LogP contribution in [0.2, 0.25) is 0 Å². The van der Waals surface area contributed by atoms with E-state index in [1.165, 1.54) is 0 Å². The second-order valence-corrected chi connectivity index (χ2v) is 5.57. The maximum atomic E-state index is 11.9. The fourth-order valence-electron chi connectivity index (χ4n) is 2.36. The summed E-state index contributed by atoms with van der Waals surface area (Å²) in [5.41, 5.74) is 2.05. The van der Waals surface area contributed by atoms with Crippen molar-refractivity contribution in [1.82, 2.24) is 10.6 Å². The molecule has 0 aliphatic carbocycles. The number of carbonyl (C=O) groups excluding carboxylic acids is 1. The van der Waals surface area contributed by atoms with Gasteiger partial charge in [0.2, 0.25) is 5.91 Å². The third kappa shape index (κ3) is 4.90. The van der Waals surface area contributed by atoms with Gasteiger partial charge in [-0.2, -0.15) is 0 Å². The first-order chi connectivity index (χ1) is 10.2. The van der Waals surface area contributed by atoms with Crippen LogP contribution in [-0.2, 0) is 11.3 Å². The van der Waals surface area contributed by atoms with E-state index >= 15 is 0 Å². The van der Waals surface area contributed by atoms with Gasteiger partial charge < -0.3 is 15.4 Å². The summed E-state index contributed by atoms with van der Waals surface area (Å²) in [6.45, 7) is 7.72. The van der Waals surface area contributed by atoms with Crippen LogP contribution < -0.4 is 15.4 Å². The minimum absolute atomic E-state index is 0.104. The Morgan fingerprint density at radius 3 is 3.05 bits per heavy atom. The number of ether oxygens (including phenoxy) is 1. The van der Waals surface area contributed by atoms with E-state index in [1.807, 2.05) is 31.2 Å². The van der Waals surface area contributed by atoms with E-state index in [2.05, 4.69) is 17.2 Å². The zero-order valence-corrected chi connectivity index (χ0v) is 12.7. The molecule has 1 aromatic rings. The molecule has 1 aromatic carbocycles. The molecule has 1 atom stereocenters.